The fraction of sp³-hybridized carbons (Fsp3) is 0.160. The van der Waals surface area contributed by atoms with Crippen molar-refractivity contribution in [2.45, 2.75) is 24.7 Å². The van der Waals surface area contributed by atoms with Gasteiger partial charge in [-0.05, 0) is 48.6 Å². The lowest BCUT2D eigenvalue weighted by Gasteiger charge is -2.22. The van der Waals surface area contributed by atoms with Gasteiger partial charge in [-0.1, -0.05) is 37.6 Å². The first-order valence-corrected chi connectivity index (χ1v) is 11.0. The highest BCUT2D eigenvalue weighted by molar-refractivity contribution is 7.99. The minimum Gasteiger partial charge on any atom is -0.322 e. The molecule has 3 aromatic carbocycles. The fourth-order valence-electron chi connectivity index (χ4n) is 3.54. The quantitative estimate of drug-likeness (QED) is 0.311. The van der Waals surface area contributed by atoms with Crippen molar-refractivity contribution in [3.63, 3.8) is 0 Å². The molecule has 0 heterocycles. The molecule has 156 valence electrons. The molecule has 0 spiro atoms. The lowest BCUT2D eigenvalue weighted by Crippen LogP contribution is -2.24. The third-order valence-corrected chi connectivity index (χ3v) is 6.34. The molecule has 0 saturated heterocycles. The molecule has 0 bridgehead atoms. The molecule has 3 aromatic rings. The van der Waals surface area contributed by atoms with Crippen molar-refractivity contribution < 1.29 is 18.8 Å². The molecule has 0 aromatic heterocycles. The summed E-state index contributed by atoms with van der Waals surface area (Å²) in [6, 6.07) is 15.4. The van der Waals surface area contributed by atoms with Gasteiger partial charge in [0.15, 0.2) is 11.6 Å². The number of benzene rings is 3. The molecule has 1 amide bonds. The molecular formula is C25H20FNO3S. The molecule has 0 aliphatic heterocycles. The molecule has 0 atom stereocenters. The summed E-state index contributed by atoms with van der Waals surface area (Å²) in [4.78, 5) is 40.0. The Morgan fingerprint density at radius 2 is 1.58 bits per heavy atom. The molecule has 0 saturated carbocycles. The van der Waals surface area contributed by atoms with Gasteiger partial charge in [-0.3, -0.25) is 14.4 Å². The molecule has 31 heavy (non-hydrogen) atoms. The van der Waals surface area contributed by atoms with Crippen LogP contribution in [0.5, 0.6) is 0 Å². The van der Waals surface area contributed by atoms with E-state index >= 15 is 0 Å². The standard InChI is InChI=1S/C25H20FNO3S/c1-2-3-14-31-24-20(25(30)27-16-10-8-15(26)9-11-16)13-12-19-21(24)23(29)18-7-5-4-6-17(18)22(19)28/h4-13H,2-3,14H2,1H3,(H,27,30). The number of carbonyl (C=O) groups excluding carboxylic acids is 3. The van der Waals surface area contributed by atoms with Crippen LogP contribution >= 0.6 is 11.8 Å². The highest BCUT2D eigenvalue weighted by Gasteiger charge is 2.33. The number of unbranched alkanes of at least 4 members (excludes halogenated alkanes) is 1. The number of anilines is 1. The van der Waals surface area contributed by atoms with E-state index in [0.29, 0.717) is 38.6 Å². The van der Waals surface area contributed by atoms with Crippen LogP contribution in [0.3, 0.4) is 0 Å². The Balaban J connectivity index is 1.79. The topological polar surface area (TPSA) is 63.2 Å². The first-order valence-electron chi connectivity index (χ1n) is 10.1. The highest BCUT2D eigenvalue weighted by Crippen LogP contribution is 2.37. The highest BCUT2D eigenvalue weighted by atomic mass is 32.2. The summed E-state index contributed by atoms with van der Waals surface area (Å²) in [6.07, 6.45) is 1.88. The van der Waals surface area contributed by atoms with Gasteiger partial charge in [-0.2, -0.15) is 0 Å². The molecule has 0 radical (unpaired) electrons. The molecule has 1 aliphatic carbocycles. The molecular weight excluding hydrogens is 413 g/mol. The zero-order valence-electron chi connectivity index (χ0n) is 16.9. The van der Waals surface area contributed by atoms with Crippen LogP contribution in [0, 0.1) is 5.82 Å². The molecule has 4 nitrogen and oxygen atoms in total. The number of rotatable bonds is 6. The molecule has 1 N–H and O–H groups in total. The van der Waals surface area contributed by atoms with Crippen molar-refractivity contribution in [2.75, 3.05) is 11.1 Å². The van der Waals surface area contributed by atoms with Crippen molar-refractivity contribution in [3.05, 3.63) is 94.3 Å². The van der Waals surface area contributed by atoms with E-state index in [0.717, 1.165) is 12.8 Å². The number of amides is 1. The average Bonchev–Trinajstić information content (AvgIpc) is 2.78. The number of fused-ring (bicyclic) bond motifs is 2. The number of hydrogen-bond acceptors (Lipinski definition) is 4. The number of nitrogens with one attached hydrogen (secondary N) is 1. The van der Waals surface area contributed by atoms with Crippen LogP contribution in [-0.2, 0) is 0 Å². The van der Waals surface area contributed by atoms with Crippen LogP contribution in [0.2, 0.25) is 0 Å². The summed E-state index contributed by atoms with van der Waals surface area (Å²) in [5.41, 5.74) is 2.12. The predicted molar refractivity (Wildman–Crippen MR) is 120 cm³/mol. The Kier molecular flexibility index (Phi) is 6.00. The lowest BCUT2D eigenvalue weighted by atomic mass is 9.83. The Morgan fingerprint density at radius 3 is 2.26 bits per heavy atom. The first kappa shape index (κ1) is 21.0. The van der Waals surface area contributed by atoms with E-state index < -0.39 is 11.7 Å². The molecule has 6 heteroatoms. The zero-order valence-corrected chi connectivity index (χ0v) is 17.7. The smallest absolute Gasteiger partial charge is 0.256 e. The molecule has 0 fully saturated rings. The van der Waals surface area contributed by atoms with Gasteiger partial charge >= 0.3 is 0 Å². The van der Waals surface area contributed by atoms with Gasteiger partial charge in [0.1, 0.15) is 5.82 Å². The van der Waals surface area contributed by atoms with Crippen molar-refractivity contribution in [3.8, 4) is 0 Å². The summed E-state index contributed by atoms with van der Waals surface area (Å²) in [6.45, 7) is 2.06. The third kappa shape index (κ3) is 4.03. The molecule has 1 aliphatic rings. The zero-order chi connectivity index (χ0) is 22.0. The second-order valence-electron chi connectivity index (χ2n) is 7.23. The van der Waals surface area contributed by atoms with Gasteiger partial charge in [-0.15, -0.1) is 11.8 Å². The maximum atomic E-state index is 13.3. The number of thioether (sulfide) groups is 1. The summed E-state index contributed by atoms with van der Waals surface area (Å²) >= 11 is 1.41. The second kappa shape index (κ2) is 8.86. The summed E-state index contributed by atoms with van der Waals surface area (Å²) < 4.78 is 13.2. The van der Waals surface area contributed by atoms with Crippen molar-refractivity contribution >= 4 is 34.9 Å². The van der Waals surface area contributed by atoms with Crippen LogP contribution in [0.25, 0.3) is 0 Å². The van der Waals surface area contributed by atoms with Crippen LogP contribution in [0.1, 0.15) is 62.0 Å². The Morgan fingerprint density at radius 1 is 0.903 bits per heavy atom. The normalized spacial score (nSPS) is 12.3. The predicted octanol–water partition coefficient (Wildman–Crippen LogP) is 5.75. The van der Waals surface area contributed by atoms with Crippen LogP contribution in [-0.4, -0.2) is 23.2 Å². The minimum absolute atomic E-state index is 0.215. The van der Waals surface area contributed by atoms with Crippen LogP contribution in [0.4, 0.5) is 10.1 Å². The van der Waals surface area contributed by atoms with E-state index in [1.54, 1.807) is 36.4 Å². The van der Waals surface area contributed by atoms with E-state index in [-0.39, 0.29) is 17.1 Å². The maximum absolute atomic E-state index is 13.3. The monoisotopic (exact) mass is 433 g/mol. The van der Waals surface area contributed by atoms with Crippen molar-refractivity contribution in [2.24, 2.45) is 0 Å². The van der Waals surface area contributed by atoms with E-state index in [1.165, 1.54) is 36.0 Å². The average molecular weight is 434 g/mol. The van der Waals surface area contributed by atoms with Gasteiger partial charge in [0.05, 0.1) is 5.56 Å². The third-order valence-electron chi connectivity index (χ3n) is 5.14. The SMILES string of the molecule is CCCCSc1c(C(=O)Nc2ccc(F)cc2)ccc2c1C(=O)c1ccccc1C2=O. The van der Waals surface area contributed by atoms with Crippen LogP contribution in [0.15, 0.2) is 65.6 Å². The first-order chi connectivity index (χ1) is 15.0. The second-order valence-corrected chi connectivity index (χ2v) is 8.34. The van der Waals surface area contributed by atoms with E-state index in [4.69, 9.17) is 0 Å². The lowest BCUT2D eigenvalue weighted by molar-refractivity contribution is 0.0975. The Hall–Kier alpha value is -3.25. The number of hydrogen-bond donors (Lipinski definition) is 1. The van der Waals surface area contributed by atoms with Gasteiger partial charge in [-0.25, -0.2) is 4.39 Å². The molecule has 4 rings (SSSR count). The van der Waals surface area contributed by atoms with Crippen molar-refractivity contribution in [1.29, 1.82) is 0 Å². The summed E-state index contributed by atoms with van der Waals surface area (Å²) in [5.74, 6) is -0.557. The van der Waals surface area contributed by atoms with Crippen LogP contribution < -0.4 is 5.32 Å². The fourth-order valence-corrected chi connectivity index (χ4v) is 4.84. The maximum Gasteiger partial charge on any atom is 0.256 e. The van der Waals surface area contributed by atoms with Gasteiger partial charge in [0.25, 0.3) is 5.91 Å². The summed E-state index contributed by atoms with van der Waals surface area (Å²) in [7, 11) is 0. The largest absolute Gasteiger partial charge is 0.322 e. The number of ketones is 2. The number of carbonyl (C=O) groups is 3. The van der Waals surface area contributed by atoms with Gasteiger partial charge < -0.3 is 5.32 Å². The van der Waals surface area contributed by atoms with Gasteiger partial charge in [0.2, 0.25) is 0 Å². The Bertz CT molecular complexity index is 1190. The molecule has 0 unspecified atom stereocenters. The van der Waals surface area contributed by atoms with E-state index in [1.807, 2.05) is 0 Å². The van der Waals surface area contributed by atoms with Gasteiger partial charge in [0, 0.05) is 32.8 Å². The van der Waals surface area contributed by atoms with E-state index in [2.05, 4.69) is 12.2 Å². The Labute approximate surface area is 183 Å². The minimum atomic E-state index is -0.410. The van der Waals surface area contributed by atoms with E-state index in [9.17, 15) is 18.8 Å². The van der Waals surface area contributed by atoms with Crippen molar-refractivity contribution in [1.82, 2.24) is 0 Å². The summed E-state index contributed by atoms with van der Waals surface area (Å²) in [5, 5.41) is 2.75. The number of halogens is 1.